The van der Waals surface area contributed by atoms with E-state index in [0.717, 1.165) is 38.1 Å². The van der Waals surface area contributed by atoms with E-state index in [9.17, 15) is 5.11 Å². The molecule has 122 valence electrons. The third kappa shape index (κ3) is 3.16. The standard InChI is InChI=1S/C19H29NO2/c1-19(2,3)11-14-12-20-8-7-13-5-6-15(22-4)9-16(13)17(20)10-18(14)21/h5-6,9,14,17-18,21H,7-8,10-12H2,1-4H3. The molecule has 22 heavy (non-hydrogen) atoms. The highest BCUT2D eigenvalue weighted by Gasteiger charge is 2.39. The third-order valence-corrected chi connectivity index (χ3v) is 5.17. The monoisotopic (exact) mass is 303 g/mol. The Bertz CT molecular complexity index is 535. The average Bonchev–Trinajstić information content (AvgIpc) is 2.46. The number of benzene rings is 1. The Morgan fingerprint density at radius 3 is 2.77 bits per heavy atom. The summed E-state index contributed by atoms with van der Waals surface area (Å²) in [5.74, 6) is 1.32. The SMILES string of the molecule is COc1ccc2c(c1)C1CC(O)C(CC(C)(C)C)CN1CC2. The summed E-state index contributed by atoms with van der Waals surface area (Å²) < 4.78 is 5.39. The van der Waals surface area contributed by atoms with Crippen molar-refractivity contribution in [3.8, 4) is 5.75 Å². The summed E-state index contributed by atoms with van der Waals surface area (Å²) >= 11 is 0. The van der Waals surface area contributed by atoms with Gasteiger partial charge in [-0.1, -0.05) is 26.8 Å². The smallest absolute Gasteiger partial charge is 0.119 e. The van der Waals surface area contributed by atoms with E-state index in [0.29, 0.717) is 12.0 Å². The van der Waals surface area contributed by atoms with Crippen LogP contribution in [0.5, 0.6) is 5.75 Å². The number of hydrogen-bond donors (Lipinski definition) is 1. The van der Waals surface area contributed by atoms with Gasteiger partial charge in [0.25, 0.3) is 0 Å². The van der Waals surface area contributed by atoms with Crippen molar-refractivity contribution >= 4 is 0 Å². The van der Waals surface area contributed by atoms with Crippen molar-refractivity contribution < 1.29 is 9.84 Å². The molecule has 1 N–H and O–H groups in total. The maximum absolute atomic E-state index is 10.7. The van der Waals surface area contributed by atoms with E-state index >= 15 is 0 Å². The van der Waals surface area contributed by atoms with Crippen LogP contribution in [0.25, 0.3) is 0 Å². The second-order valence-corrected chi connectivity index (χ2v) is 8.15. The van der Waals surface area contributed by atoms with Crippen LogP contribution in [0.1, 0.15) is 50.8 Å². The Morgan fingerprint density at radius 1 is 1.32 bits per heavy atom. The first kappa shape index (κ1) is 15.8. The van der Waals surface area contributed by atoms with E-state index < -0.39 is 0 Å². The van der Waals surface area contributed by atoms with Gasteiger partial charge in [0.15, 0.2) is 0 Å². The van der Waals surface area contributed by atoms with E-state index in [1.807, 2.05) is 0 Å². The molecule has 0 aromatic heterocycles. The van der Waals surface area contributed by atoms with Gasteiger partial charge in [-0.15, -0.1) is 0 Å². The lowest BCUT2D eigenvalue weighted by atomic mass is 9.75. The number of aliphatic hydroxyl groups excluding tert-OH is 1. The van der Waals surface area contributed by atoms with E-state index in [4.69, 9.17) is 4.74 Å². The summed E-state index contributed by atoms with van der Waals surface area (Å²) in [7, 11) is 1.72. The maximum atomic E-state index is 10.7. The molecule has 1 fully saturated rings. The first-order valence-corrected chi connectivity index (χ1v) is 8.46. The first-order valence-electron chi connectivity index (χ1n) is 8.46. The van der Waals surface area contributed by atoms with Crippen LogP contribution in [0.2, 0.25) is 0 Å². The van der Waals surface area contributed by atoms with Crippen molar-refractivity contribution in [3.05, 3.63) is 29.3 Å². The van der Waals surface area contributed by atoms with Gasteiger partial charge >= 0.3 is 0 Å². The van der Waals surface area contributed by atoms with Gasteiger partial charge in [0, 0.05) is 19.1 Å². The quantitative estimate of drug-likeness (QED) is 0.909. The molecule has 0 aliphatic carbocycles. The van der Waals surface area contributed by atoms with Crippen molar-refractivity contribution in [2.75, 3.05) is 20.2 Å². The number of rotatable bonds is 2. The highest BCUT2D eigenvalue weighted by atomic mass is 16.5. The predicted octanol–water partition coefficient (Wildman–Crippen LogP) is 3.41. The Kier molecular flexibility index (Phi) is 4.21. The van der Waals surface area contributed by atoms with Crippen LogP contribution in [-0.4, -0.2) is 36.3 Å². The van der Waals surface area contributed by atoms with E-state index in [1.165, 1.54) is 11.1 Å². The average molecular weight is 303 g/mol. The van der Waals surface area contributed by atoms with Gasteiger partial charge in [0.05, 0.1) is 13.2 Å². The molecule has 0 bridgehead atoms. The van der Waals surface area contributed by atoms with Crippen LogP contribution in [-0.2, 0) is 6.42 Å². The van der Waals surface area contributed by atoms with Crippen molar-refractivity contribution in [1.29, 1.82) is 0 Å². The normalized spacial score (nSPS) is 28.9. The Morgan fingerprint density at radius 2 is 2.09 bits per heavy atom. The topological polar surface area (TPSA) is 32.7 Å². The van der Waals surface area contributed by atoms with Gasteiger partial charge < -0.3 is 9.84 Å². The highest BCUT2D eigenvalue weighted by Crippen LogP contribution is 2.42. The van der Waals surface area contributed by atoms with Crippen molar-refractivity contribution in [2.45, 2.75) is 52.2 Å². The zero-order valence-electron chi connectivity index (χ0n) is 14.3. The predicted molar refractivity (Wildman–Crippen MR) is 89.2 cm³/mol. The second-order valence-electron chi connectivity index (χ2n) is 8.15. The van der Waals surface area contributed by atoms with Crippen molar-refractivity contribution in [2.24, 2.45) is 11.3 Å². The molecular weight excluding hydrogens is 274 g/mol. The number of piperidine rings is 1. The number of aliphatic hydroxyl groups is 1. The second kappa shape index (κ2) is 5.86. The van der Waals surface area contributed by atoms with E-state index in [2.05, 4.69) is 43.9 Å². The molecule has 1 saturated heterocycles. The van der Waals surface area contributed by atoms with Gasteiger partial charge in [-0.2, -0.15) is 0 Å². The minimum atomic E-state index is -0.197. The third-order valence-electron chi connectivity index (χ3n) is 5.17. The molecule has 3 heteroatoms. The fourth-order valence-electron chi connectivity index (χ4n) is 4.18. The molecule has 3 rings (SSSR count). The molecule has 0 spiro atoms. The molecular formula is C19H29NO2. The molecule has 3 unspecified atom stereocenters. The molecule has 1 aromatic carbocycles. The molecule has 2 aliphatic heterocycles. The lowest BCUT2D eigenvalue weighted by Crippen LogP contribution is -2.48. The summed E-state index contributed by atoms with van der Waals surface area (Å²) in [5, 5.41) is 10.7. The number of ether oxygens (including phenoxy) is 1. The summed E-state index contributed by atoms with van der Waals surface area (Å²) in [6, 6.07) is 6.77. The summed E-state index contributed by atoms with van der Waals surface area (Å²) in [6.45, 7) is 8.92. The van der Waals surface area contributed by atoms with E-state index in [-0.39, 0.29) is 11.5 Å². The van der Waals surface area contributed by atoms with Crippen LogP contribution >= 0.6 is 0 Å². The highest BCUT2D eigenvalue weighted by molar-refractivity contribution is 5.39. The van der Waals surface area contributed by atoms with Gasteiger partial charge in [0.1, 0.15) is 5.75 Å². The minimum Gasteiger partial charge on any atom is -0.497 e. The lowest BCUT2D eigenvalue weighted by Gasteiger charge is -2.47. The Balaban J connectivity index is 1.82. The fraction of sp³-hybridized carbons (Fsp3) is 0.684. The molecule has 0 radical (unpaired) electrons. The maximum Gasteiger partial charge on any atom is 0.119 e. The van der Waals surface area contributed by atoms with Crippen molar-refractivity contribution in [3.63, 3.8) is 0 Å². The minimum absolute atomic E-state index is 0.197. The van der Waals surface area contributed by atoms with Crippen LogP contribution in [0.4, 0.5) is 0 Å². The van der Waals surface area contributed by atoms with Crippen LogP contribution in [0.15, 0.2) is 18.2 Å². The Hall–Kier alpha value is -1.06. The Labute approximate surface area is 134 Å². The van der Waals surface area contributed by atoms with Gasteiger partial charge in [-0.05, 0) is 53.9 Å². The van der Waals surface area contributed by atoms with E-state index in [1.54, 1.807) is 7.11 Å². The first-order chi connectivity index (χ1) is 10.4. The van der Waals surface area contributed by atoms with Crippen LogP contribution in [0, 0.1) is 11.3 Å². The van der Waals surface area contributed by atoms with Gasteiger partial charge in [-0.3, -0.25) is 4.90 Å². The number of methoxy groups -OCH3 is 1. The molecule has 2 heterocycles. The summed E-state index contributed by atoms with van der Waals surface area (Å²) in [4.78, 5) is 2.57. The molecule has 1 aromatic rings. The molecule has 3 atom stereocenters. The fourth-order valence-corrected chi connectivity index (χ4v) is 4.18. The lowest BCUT2D eigenvalue weighted by molar-refractivity contribution is -0.0258. The number of nitrogens with zero attached hydrogens (tertiary/aromatic N) is 1. The summed E-state index contributed by atoms with van der Waals surface area (Å²) in [5.41, 5.74) is 3.05. The molecule has 3 nitrogen and oxygen atoms in total. The van der Waals surface area contributed by atoms with Crippen molar-refractivity contribution in [1.82, 2.24) is 4.90 Å². The van der Waals surface area contributed by atoms with Crippen LogP contribution < -0.4 is 4.74 Å². The zero-order chi connectivity index (χ0) is 15.9. The van der Waals surface area contributed by atoms with Gasteiger partial charge in [-0.25, -0.2) is 0 Å². The van der Waals surface area contributed by atoms with Gasteiger partial charge in [0.2, 0.25) is 0 Å². The zero-order valence-corrected chi connectivity index (χ0v) is 14.3. The molecule has 0 saturated carbocycles. The molecule has 0 amide bonds. The number of fused-ring (bicyclic) bond motifs is 3. The number of hydrogen-bond acceptors (Lipinski definition) is 3. The van der Waals surface area contributed by atoms with Crippen LogP contribution in [0.3, 0.4) is 0 Å². The molecule has 2 aliphatic rings. The largest absolute Gasteiger partial charge is 0.497 e. The summed E-state index contributed by atoms with van der Waals surface area (Å²) in [6.07, 6.45) is 2.84.